The highest BCUT2D eigenvalue weighted by Gasteiger charge is 2.30. The van der Waals surface area contributed by atoms with Gasteiger partial charge < -0.3 is 19.5 Å². The Morgan fingerprint density at radius 1 is 1.21 bits per heavy atom. The van der Waals surface area contributed by atoms with Gasteiger partial charge in [-0.15, -0.1) is 11.3 Å². The van der Waals surface area contributed by atoms with Gasteiger partial charge in [-0.2, -0.15) is 13.2 Å². The van der Waals surface area contributed by atoms with Crippen LogP contribution in [0.5, 0.6) is 0 Å². The Labute approximate surface area is 169 Å². The second-order valence-electron chi connectivity index (χ2n) is 6.59. The number of ether oxygens (including phenoxy) is 3. The van der Waals surface area contributed by atoms with Gasteiger partial charge in [0.15, 0.2) is 6.61 Å². The molecule has 0 unspecified atom stereocenters. The zero-order valence-corrected chi connectivity index (χ0v) is 16.8. The van der Waals surface area contributed by atoms with E-state index >= 15 is 0 Å². The molecular weight excluding hydrogens is 415 g/mol. The lowest BCUT2D eigenvalue weighted by molar-refractivity contribution is -0.181. The topological polar surface area (TPSA) is 90.9 Å². The van der Waals surface area contributed by atoms with Crippen LogP contribution < -0.4 is 5.32 Å². The number of fused-ring (bicyclic) bond motifs is 1. The molecule has 162 valence electrons. The van der Waals surface area contributed by atoms with E-state index in [4.69, 9.17) is 4.74 Å². The Hall–Kier alpha value is -2.14. The minimum absolute atomic E-state index is 0.183. The third-order valence-corrected chi connectivity index (χ3v) is 5.26. The maximum atomic E-state index is 12.4. The first-order chi connectivity index (χ1) is 13.6. The molecule has 1 N–H and O–H groups in total. The van der Waals surface area contributed by atoms with Crippen LogP contribution in [0.25, 0.3) is 0 Å². The number of esters is 2. The largest absolute Gasteiger partial charge is 0.462 e. The lowest BCUT2D eigenvalue weighted by Gasteiger charge is -2.18. The first-order valence-corrected chi connectivity index (χ1v) is 9.84. The van der Waals surface area contributed by atoms with Gasteiger partial charge in [0, 0.05) is 4.88 Å². The van der Waals surface area contributed by atoms with Gasteiger partial charge in [-0.25, -0.2) is 9.59 Å². The Morgan fingerprint density at radius 3 is 2.59 bits per heavy atom. The number of hydrogen-bond acceptors (Lipinski definition) is 7. The molecule has 0 saturated heterocycles. The van der Waals surface area contributed by atoms with E-state index < -0.39 is 43.8 Å². The van der Waals surface area contributed by atoms with Gasteiger partial charge in [-0.05, 0) is 37.7 Å². The number of alkyl halides is 3. The molecular formula is C18H22F3NO6S. The summed E-state index contributed by atoms with van der Waals surface area (Å²) < 4.78 is 49.8. The van der Waals surface area contributed by atoms with Crippen molar-refractivity contribution in [2.24, 2.45) is 5.92 Å². The van der Waals surface area contributed by atoms with E-state index in [9.17, 15) is 27.6 Å². The van der Waals surface area contributed by atoms with Crippen LogP contribution in [0.15, 0.2) is 0 Å². The number of amides is 1. The smallest absolute Gasteiger partial charge is 0.411 e. The van der Waals surface area contributed by atoms with E-state index in [1.807, 2.05) is 0 Å². The van der Waals surface area contributed by atoms with E-state index in [0.29, 0.717) is 22.9 Å². The van der Waals surface area contributed by atoms with Crippen LogP contribution in [-0.2, 0) is 36.6 Å². The average Bonchev–Trinajstić information content (AvgIpc) is 2.95. The van der Waals surface area contributed by atoms with Crippen LogP contribution in [0, 0.1) is 5.92 Å². The van der Waals surface area contributed by atoms with Crippen molar-refractivity contribution < 1.29 is 41.8 Å². The lowest BCUT2D eigenvalue weighted by atomic mass is 9.88. The zero-order valence-electron chi connectivity index (χ0n) is 16.0. The number of nitrogens with one attached hydrogen (secondary N) is 1. The maximum absolute atomic E-state index is 12.4. The summed E-state index contributed by atoms with van der Waals surface area (Å²) in [6.07, 6.45) is -2.16. The molecule has 0 saturated carbocycles. The fourth-order valence-electron chi connectivity index (χ4n) is 2.86. The molecule has 1 amide bonds. The Bertz CT molecular complexity index is 762. The normalized spacial score (nSPS) is 16.1. The molecule has 0 aliphatic heterocycles. The molecule has 0 spiro atoms. The second kappa shape index (κ2) is 10.1. The fraction of sp³-hybridized carbons (Fsp3) is 0.611. The molecule has 1 aliphatic rings. The molecule has 11 heteroatoms. The number of rotatable bonds is 8. The molecule has 0 aromatic carbocycles. The summed E-state index contributed by atoms with van der Waals surface area (Å²) in [5, 5.41) is 2.85. The van der Waals surface area contributed by atoms with Crippen molar-refractivity contribution in [1.29, 1.82) is 0 Å². The van der Waals surface area contributed by atoms with E-state index in [1.54, 1.807) is 6.92 Å². The van der Waals surface area contributed by atoms with Crippen molar-refractivity contribution in [2.75, 3.05) is 31.7 Å². The summed E-state index contributed by atoms with van der Waals surface area (Å²) in [6.45, 7) is 0.739. The summed E-state index contributed by atoms with van der Waals surface area (Å²) in [5.41, 5.74) is 1.17. The highest BCUT2D eigenvalue weighted by molar-refractivity contribution is 7.17. The minimum Gasteiger partial charge on any atom is -0.462 e. The van der Waals surface area contributed by atoms with Crippen molar-refractivity contribution in [3.8, 4) is 0 Å². The molecule has 1 aromatic rings. The standard InChI is InChI=1S/C18H22F3NO6S/c1-3-27-17(25)15-11-5-4-10(2)6-12(11)29-16(15)22-13(23)7-28-14(24)8-26-9-18(19,20)21/h10H,3-9H2,1-2H3,(H,22,23)/t10-/m1/s1. The quantitative estimate of drug-likeness (QED) is 0.629. The molecule has 1 atom stereocenters. The SMILES string of the molecule is CCOC(=O)c1c(NC(=O)COC(=O)COCC(F)(F)F)sc2c1CC[C@@H](C)C2. The molecule has 0 radical (unpaired) electrons. The van der Waals surface area contributed by atoms with Gasteiger partial charge in [-0.1, -0.05) is 6.92 Å². The van der Waals surface area contributed by atoms with E-state index in [-0.39, 0.29) is 6.61 Å². The zero-order chi connectivity index (χ0) is 21.6. The van der Waals surface area contributed by atoms with Crippen molar-refractivity contribution in [3.63, 3.8) is 0 Å². The number of anilines is 1. The van der Waals surface area contributed by atoms with Crippen molar-refractivity contribution in [3.05, 3.63) is 16.0 Å². The van der Waals surface area contributed by atoms with Gasteiger partial charge in [0.05, 0.1) is 12.2 Å². The average molecular weight is 437 g/mol. The Kier molecular flexibility index (Phi) is 8.03. The van der Waals surface area contributed by atoms with Gasteiger partial charge in [0.2, 0.25) is 0 Å². The highest BCUT2D eigenvalue weighted by atomic mass is 32.1. The first kappa shape index (κ1) is 23.1. The number of carbonyl (C=O) groups is 3. The summed E-state index contributed by atoms with van der Waals surface area (Å²) in [4.78, 5) is 36.8. The van der Waals surface area contributed by atoms with E-state index in [1.165, 1.54) is 11.3 Å². The van der Waals surface area contributed by atoms with Gasteiger partial charge in [0.25, 0.3) is 5.91 Å². The molecule has 2 rings (SSSR count). The fourth-order valence-corrected chi connectivity index (χ4v) is 4.27. The predicted octanol–water partition coefficient (Wildman–Crippen LogP) is 3.11. The first-order valence-electron chi connectivity index (χ1n) is 9.02. The summed E-state index contributed by atoms with van der Waals surface area (Å²) in [6, 6.07) is 0. The molecule has 1 heterocycles. The molecule has 7 nitrogen and oxygen atoms in total. The van der Waals surface area contributed by atoms with Crippen molar-refractivity contribution >= 4 is 34.2 Å². The maximum Gasteiger partial charge on any atom is 0.411 e. The van der Waals surface area contributed by atoms with Crippen molar-refractivity contribution in [1.82, 2.24) is 0 Å². The molecule has 0 fully saturated rings. The number of halogens is 3. The van der Waals surface area contributed by atoms with Gasteiger partial charge in [0.1, 0.15) is 18.2 Å². The van der Waals surface area contributed by atoms with E-state index in [0.717, 1.165) is 23.3 Å². The van der Waals surface area contributed by atoms with Crippen LogP contribution in [-0.4, -0.2) is 50.4 Å². The van der Waals surface area contributed by atoms with Crippen LogP contribution in [0.4, 0.5) is 18.2 Å². The lowest BCUT2D eigenvalue weighted by Crippen LogP contribution is -2.25. The third-order valence-electron chi connectivity index (χ3n) is 4.09. The molecule has 0 bridgehead atoms. The molecule has 1 aromatic heterocycles. The summed E-state index contributed by atoms with van der Waals surface area (Å²) >= 11 is 1.28. The summed E-state index contributed by atoms with van der Waals surface area (Å²) in [5.74, 6) is -1.90. The van der Waals surface area contributed by atoms with Crippen LogP contribution >= 0.6 is 11.3 Å². The van der Waals surface area contributed by atoms with Crippen LogP contribution in [0.3, 0.4) is 0 Å². The predicted molar refractivity (Wildman–Crippen MR) is 97.9 cm³/mol. The van der Waals surface area contributed by atoms with Crippen LogP contribution in [0.1, 0.15) is 41.1 Å². The van der Waals surface area contributed by atoms with Crippen LogP contribution in [0.2, 0.25) is 0 Å². The minimum atomic E-state index is -4.56. The summed E-state index contributed by atoms with van der Waals surface area (Å²) in [7, 11) is 0. The van der Waals surface area contributed by atoms with Gasteiger partial charge in [-0.3, -0.25) is 4.79 Å². The highest BCUT2D eigenvalue weighted by Crippen LogP contribution is 2.40. The molecule has 1 aliphatic carbocycles. The van der Waals surface area contributed by atoms with E-state index in [2.05, 4.69) is 21.7 Å². The Balaban J connectivity index is 1.97. The van der Waals surface area contributed by atoms with Gasteiger partial charge >= 0.3 is 18.1 Å². The van der Waals surface area contributed by atoms with Crippen molar-refractivity contribution in [2.45, 2.75) is 39.3 Å². The number of carbonyl (C=O) groups excluding carboxylic acids is 3. The Morgan fingerprint density at radius 2 is 1.93 bits per heavy atom. The molecule has 29 heavy (non-hydrogen) atoms. The monoisotopic (exact) mass is 437 g/mol. The second-order valence-corrected chi connectivity index (χ2v) is 7.70. The third kappa shape index (κ3) is 7.00. The number of hydrogen-bond donors (Lipinski definition) is 1. The number of thiophene rings is 1.